The van der Waals surface area contributed by atoms with Crippen LogP contribution in [0.3, 0.4) is 0 Å². The lowest BCUT2D eigenvalue weighted by molar-refractivity contribution is 0.405. The summed E-state index contributed by atoms with van der Waals surface area (Å²) in [4.78, 5) is 0. The van der Waals surface area contributed by atoms with Crippen molar-refractivity contribution in [1.82, 2.24) is 5.32 Å². The van der Waals surface area contributed by atoms with Crippen LogP contribution in [0.2, 0.25) is 0 Å². The largest absolute Gasteiger partial charge is 0.306 e. The summed E-state index contributed by atoms with van der Waals surface area (Å²) in [6.07, 6.45) is 6.57. The van der Waals surface area contributed by atoms with Crippen molar-refractivity contribution >= 4 is 0 Å². The van der Waals surface area contributed by atoms with E-state index < -0.39 is 0 Å². The summed E-state index contributed by atoms with van der Waals surface area (Å²) in [5.41, 5.74) is 3.24. The van der Waals surface area contributed by atoms with E-state index in [-0.39, 0.29) is 6.04 Å². The SMILES string of the molecule is C=CC[C@@H]1Cc2c(C#N)cccc2[C@@H](CC=C)N1. The molecule has 0 radical (unpaired) electrons. The Hall–Kier alpha value is -1.85. The molecule has 0 amide bonds. The standard InChI is InChI=1S/C16H18N2/c1-3-6-13-10-15-12(11-17)8-5-9-14(15)16(18-13)7-4-2/h3-5,8-9,13,16,18H,1-2,6-7,10H2/t13-,16-/m1/s1. The second-order valence-corrected chi connectivity index (χ2v) is 4.65. The van der Waals surface area contributed by atoms with Crippen LogP contribution >= 0.6 is 0 Å². The third-order valence-electron chi connectivity index (χ3n) is 3.45. The molecule has 0 saturated carbocycles. The quantitative estimate of drug-likeness (QED) is 0.817. The Labute approximate surface area is 109 Å². The van der Waals surface area contributed by atoms with Crippen LogP contribution < -0.4 is 5.32 Å². The van der Waals surface area contributed by atoms with Gasteiger partial charge in [0.1, 0.15) is 0 Å². The first-order valence-electron chi connectivity index (χ1n) is 6.29. The van der Waals surface area contributed by atoms with E-state index in [2.05, 4.69) is 30.6 Å². The number of rotatable bonds is 4. The Bertz CT molecular complexity index is 496. The van der Waals surface area contributed by atoms with Gasteiger partial charge in [-0.3, -0.25) is 0 Å². The summed E-state index contributed by atoms with van der Waals surface area (Å²) < 4.78 is 0. The van der Waals surface area contributed by atoms with Gasteiger partial charge in [-0.05, 0) is 36.5 Å². The monoisotopic (exact) mass is 238 g/mol. The summed E-state index contributed by atoms with van der Waals surface area (Å²) in [6, 6.07) is 8.92. The zero-order chi connectivity index (χ0) is 13.0. The zero-order valence-corrected chi connectivity index (χ0v) is 10.5. The first-order valence-corrected chi connectivity index (χ1v) is 6.29. The highest BCUT2D eigenvalue weighted by Crippen LogP contribution is 2.30. The Morgan fingerprint density at radius 3 is 2.78 bits per heavy atom. The molecule has 0 fully saturated rings. The fourth-order valence-electron chi connectivity index (χ4n) is 2.66. The Balaban J connectivity index is 2.41. The molecule has 1 aromatic carbocycles. The molecular formula is C16H18N2. The molecule has 18 heavy (non-hydrogen) atoms. The van der Waals surface area contributed by atoms with Gasteiger partial charge in [-0.15, -0.1) is 13.2 Å². The van der Waals surface area contributed by atoms with E-state index in [0.29, 0.717) is 6.04 Å². The molecule has 0 spiro atoms. The lowest BCUT2D eigenvalue weighted by Gasteiger charge is -2.33. The van der Waals surface area contributed by atoms with E-state index in [1.165, 1.54) is 11.1 Å². The predicted molar refractivity (Wildman–Crippen MR) is 74.2 cm³/mol. The first kappa shape index (κ1) is 12.6. The second-order valence-electron chi connectivity index (χ2n) is 4.65. The molecule has 0 aromatic heterocycles. The maximum Gasteiger partial charge on any atom is 0.0994 e. The average molecular weight is 238 g/mol. The minimum atomic E-state index is 0.268. The summed E-state index contributed by atoms with van der Waals surface area (Å²) in [5, 5.41) is 12.8. The topological polar surface area (TPSA) is 35.8 Å². The van der Waals surface area contributed by atoms with Gasteiger partial charge >= 0.3 is 0 Å². The molecule has 1 aliphatic heterocycles. The van der Waals surface area contributed by atoms with Crippen molar-refractivity contribution in [1.29, 1.82) is 5.26 Å². The van der Waals surface area contributed by atoms with E-state index in [1.54, 1.807) is 0 Å². The maximum absolute atomic E-state index is 9.22. The number of nitriles is 1. The van der Waals surface area contributed by atoms with Crippen LogP contribution in [0.4, 0.5) is 0 Å². The summed E-state index contributed by atoms with van der Waals surface area (Å²) in [7, 11) is 0. The molecule has 1 aliphatic rings. The second kappa shape index (κ2) is 5.66. The number of fused-ring (bicyclic) bond motifs is 1. The highest BCUT2D eigenvalue weighted by molar-refractivity contribution is 5.46. The molecule has 1 N–H and O–H groups in total. The van der Waals surface area contributed by atoms with Crippen molar-refractivity contribution in [2.24, 2.45) is 0 Å². The van der Waals surface area contributed by atoms with Gasteiger partial charge in [0.2, 0.25) is 0 Å². The highest BCUT2D eigenvalue weighted by atomic mass is 15.0. The van der Waals surface area contributed by atoms with Crippen LogP contribution in [-0.4, -0.2) is 6.04 Å². The zero-order valence-electron chi connectivity index (χ0n) is 10.5. The molecule has 2 nitrogen and oxygen atoms in total. The highest BCUT2D eigenvalue weighted by Gasteiger charge is 2.26. The molecule has 92 valence electrons. The van der Waals surface area contributed by atoms with Crippen molar-refractivity contribution in [2.45, 2.75) is 31.3 Å². The summed E-state index contributed by atoms with van der Waals surface area (Å²) in [6.45, 7) is 7.62. The van der Waals surface area contributed by atoms with Crippen LogP contribution in [0.5, 0.6) is 0 Å². The molecule has 1 heterocycles. The van der Waals surface area contributed by atoms with Gasteiger partial charge in [0.15, 0.2) is 0 Å². The number of hydrogen-bond donors (Lipinski definition) is 1. The first-order chi connectivity index (χ1) is 8.80. The summed E-state index contributed by atoms with van der Waals surface area (Å²) in [5.74, 6) is 0. The van der Waals surface area contributed by atoms with Crippen molar-refractivity contribution < 1.29 is 0 Å². The van der Waals surface area contributed by atoms with Crippen molar-refractivity contribution in [2.75, 3.05) is 0 Å². The average Bonchev–Trinajstić information content (AvgIpc) is 2.39. The molecule has 0 unspecified atom stereocenters. The van der Waals surface area contributed by atoms with E-state index in [9.17, 15) is 5.26 Å². The van der Waals surface area contributed by atoms with E-state index in [0.717, 1.165) is 24.8 Å². The van der Waals surface area contributed by atoms with Crippen LogP contribution in [0, 0.1) is 11.3 Å². The van der Waals surface area contributed by atoms with Crippen LogP contribution in [0.1, 0.15) is 35.6 Å². The molecule has 0 saturated heterocycles. The minimum Gasteiger partial charge on any atom is -0.306 e. The van der Waals surface area contributed by atoms with Crippen molar-refractivity contribution in [3.63, 3.8) is 0 Å². The van der Waals surface area contributed by atoms with E-state index in [1.807, 2.05) is 24.3 Å². The molecular weight excluding hydrogens is 220 g/mol. The van der Waals surface area contributed by atoms with Crippen LogP contribution in [-0.2, 0) is 6.42 Å². The van der Waals surface area contributed by atoms with Gasteiger partial charge < -0.3 is 5.32 Å². The predicted octanol–water partition coefficient (Wildman–Crippen LogP) is 3.27. The molecule has 2 rings (SSSR count). The minimum absolute atomic E-state index is 0.268. The van der Waals surface area contributed by atoms with Gasteiger partial charge in [0.05, 0.1) is 11.6 Å². The Kier molecular flexibility index (Phi) is 3.96. The lowest BCUT2D eigenvalue weighted by Crippen LogP contribution is -2.39. The van der Waals surface area contributed by atoms with E-state index in [4.69, 9.17) is 0 Å². The number of hydrogen-bond acceptors (Lipinski definition) is 2. The van der Waals surface area contributed by atoms with Crippen LogP contribution in [0.15, 0.2) is 43.5 Å². The number of benzene rings is 1. The molecule has 0 bridgehead atoms. The van der Waals surface area contributed by atoms with E-state index >= 15 is 0 Å². The van der Waals surface area contributed by atoms with Gasteiger partial charge in [-0.2, -0.15) is 5.26 Å². The number of nitrogens with one attached hydrogen (secondary N) is 1. The maximum atomic E-state index is 9.22. The Morgan fingerprint density at radius 1 is 1.33 bits per heavy atom. The van der Waals surface area contributed by atoms with Gasteiger partial charge in [0.25, 0.3) is 0 Å². The van der Waals surface area contributed by atoms with Crippen molar-refractivity contribution in [3.8, 4) is 6.07 Å². The van der Waals surface area contributed by atoms with Gasteiger partial charge in [-0.25, -0.2) is 0 Å². The van der Waals surface area contributed by atoms with Gasteiger partial charge in [0, 0.05) is 12.1 Å². The molecule has 1 aromatic rings. The summed E-state index contributed by atoms with van der Waals surface area (Å²) >= 11 is 0. The molecule has 0 aliphatic carbocycles. The molecule has 2 heteroatoms. The Morgan fingerprint density at radius 2 is 2.11 bits per heavy atom. The fraction of sp³-hybridized carbons (Fsp3) is 0.312. The third-order valence-corrected chi connectivity index (χ3v) is 3.45. The van der Waals surface area contributed by atoms with Crippen LogP contribution in [0.25, 0.3) is 0 Å². The fourth-order valence-corrected chi connectivity index (χ4v) is 2.66. The van der Waals surface area contributed by atoms with Gasteiger partial charge in [-0.1, -0.05) is 24.3 Å². The lowest BCUT2D eigenvalue weighted by atomic mass is 9.85. The molecule has 2 atom stereocenters. The third kappa shape index (κ3) is 2.37. The smallest absolute Gasteiger partial charge is 0.0994 e. The normalized spacial score (nSPS) is 21.7. The van der Waals surface area contributed by atoms with Crippen molar-refractivity contribution in [3.05, 3.63) is 60.2 Å². The number of nitrogens with zero attached hydrogens (tertiary/aromatic N) is 1.